The Morgan fingerprint density at radius 2 is 1.85 bits per heavy atom. The molecular weight excluding hydrogens is 355 g/mol. The van der Waals surface area contributed by atoms with Crippen LogP contribution in [0.25, 0.3) is 0 Å². The van der Waals surface area contributed by atoms with E-state index in [1.54, 1.807) is 36.1 Å². The van der Waals surface area contributed by atoms with Crippen LogP contribution < -0.4 is 9.62 Å². The Kier molecular flexibility index (Phi) is 5.11. The number of amides is 1. The van der Waals surface area contributed by atoms with E-state index in [4.69, 9.17) is 0 Å². The summed E-state index contributed by atoms with van der Waals surface area (Å²) < 4.78 is 40.8. The second-order valence-corrected chi connectivity index (χ2v) is 8.41. The van der Waals surface area contributed by atoms with Crippen molar-refractivity contribution < 1.29 is 17.6 Å². The van der Waals surface area contributed by atoms with Crippen LogP contribution in [0.4, 0.5) is 10.1 Å². The highest BCUT2D eigenvalue weighted by atomic mass is 32.2. The van der Waals surface area contributed by atoms with E-state index in [1.807, 2.05) is 13.0 Å². The first-order valence-corrected chi connectivity index (χ1v) is 9.87. The molecule has 1 heterocycles. The topological polar surface area (TPSA) is 66.5 Å². The van der Waals surface area contributed by atoms with E-state index in [0.29, 0.717) is 17.8 Å². The predicted molar refractivity (Wildman–Crippen MR) is 98.0 cm³/mol. The molecule has 1 atom stereocenters. The number of hydrogen-bond donors (Lipinski definition) is 1. The molecule has 1 N–H and O–H groups in total. The minimum Gasteiger partial charge on any atom is -0.312 e. The number of nitrogens with one attached hydrogen (secondary N) is 1. The number of carbonyl (C=O) groups is 1. The van der Waals surface area contributed by atoms with Crippen molar-refractivity contribution in [3.8, 4) is 0 Å². The first-order chi connectivity index (χ1) is 12.3. The van der Waals surface area contributed by atoms with E-state index in [9.17, 15) is 17.6 Å². The second kappa shape index (κ2) is 7.17. The largest absolute Gasteiger partial charge is 0.312 e. The summed E-state index contributed by atoms with van der Waals surface area (Å²) in [6, 6.07) is 11.0. The zero-order valence-corrected chi connectivity index (χ0v) is 15.5. The highest BCUT2D eigenvalue weighted by Gasteiger charge is 2.31. The molecule has 0 bridgehead atoms. The Hall–Kier alpha value is -2.25. The average molecular weight is 376 g/mol. The van der Waals surface area contributed by atoms with Crippen LogP contribution in [-0.2, 0) is 14.8 Å². The van der Waals surface area contributed by atoms with Crippen molar-refractivity contribution in [2.45, 2.75) is 25.2 Å². The van der Waals surface area contributed by atoms with Gasteiger partial charge in [0.1, 0.15) is 5.82 Å². The molecule has 0 unspecified atom stereocenters. The van der Waals surface area contributed by atoms with Crippen LogP contribution in [0.3, 0.4) is 0 Å². The van der Waals surface area contributed by atoms with Crippen molar-refractivity contribution in [2.75, 3.05) is 18.0 Å². The number of aryl methyl sites for hydroxylation is 2. The van der Waals surface area contributed by atoms with Crippen molar-refractivity contribution in [2.24, 2.45) is 5.92 Å². The second-order valence-electron chi connectivity index (χ2n) is 6.67. The highest BCUT2D eigenvalue weighted by molar-refractivity contribution is 7.89. The smallest absolute Gasteiger partial charge is 0.240 e. The standard InChI is InChI=1S/C19H21FN2O3S/c1-13-3-4-14(2)18(9-13)26(24,25)21-11-15-10-19(23)22(12-15)17-7-5-16(20)6-8-17/h3-9,15,21H,10-12H2,1-2H3/t15-/m1/s1. The van der Waals surface area contributed by atoms with Gasteiger partial charge in [-0.2, -0.15) is 0 Å². The van der Waals surface area contributed by atoms with Gasteiger partial charge < -0.3 is 4.90 Å². The molecule has 1 aliphatic heterocycles. The molecule has 0 radical (unpaired) electrons. The van der Waals surface area contributed by atoms with Gasteiger partial charge in [0.05, 0.1) is 4.90 Å². The third kappa shape index (κ3) is 3.94. The molecule has 138 valence electrons. The molecule has 0 aromatic heterocycles. The lowest BCUT2D eigenvalue weighted by Gasteiger charge is -2.17. The lowest BCUT2D eigenvalue weighted by molar-refractivity contribution is -0.117. The molecule has 1 fully saturated rings. The Labute approximate surface area is 152 Å². The maximum Gasteiger partial charge on any atom is 0.240 e. The number of nitrogens with zero attached hydrogens (tertiary/aromatic N) is 1. The Morgan fingerprint density at radius 3 is 2.54 bits per heavy atom. The van der Waals surface area contributed by atoms with Gasteiger partial charge in [-0.3, -0.25) is 4.79 Å². The predicted octanol–water partition coefficient (Wildman–Crippen LogP) is 2.77. The van der Waals surface area contributed by atoms with Crippen LogP contribution in [0.1, 0.15) is 17.5 Å². The third-order valence-electron chi connectivity index (χ3n) is 4.54. The Bertz CT molecular complexity index is 926. The van der Waals surface area contributed by atoms with E-state index >= 15 is 0 Å². The van der Waals surface area contributed by atoms with E-state index in [-0.39, 0.29) is 35.5 Å². The van der Waals surface area contributed by atoms with Crippen LogP contribution in [0.5, 0.6) is 0 Å². The van der Waals surface area contributed by atoms with Gasteiger partial charge in [0.25, 0.3) is 0 Å². The number of sulfonamides is 1. The number of carbonyl (C=O) groups excluding carboxylic acids is 1. The first kappa shape index (κ1) is 18.5. The van der Waals surface area contributed by atoms with Gasteiger partial charge in [-0.25, -0.2) is 17.5 Å². The van der Waals surface area contributed by atoms with Gasteiger partial charge in [0.15, 0.2) is 0 Å². The summed E-state index contributed by atoms with van der Waals surface area (Å²) in [5, 5.41) is 0. The Balaban J connectivity index is 1.68. The van der Waals surface area contributed by atoms with Crippen molar-refractivity contribution in [3.05, 3.63) is 59.4 Å². The van der Waals surface area contributed by atoms with Crippen LogP contribution in [0.2, 0.25) is 0 Å². The number of benzene rings is 2. The summed E-state index contributed by atoms with van der Waals surface area (Å²) in [7, 11) is -3.64. The SMILES string of the molecule is Cc1ccc(C)c(S(=O)(=O)NC[C@H]2CC(=O)N(c3ccc(F)cc3)C2)c1. The molecule has 5 nitrogen and oxygen atoms in total. The monoisotopic (exact) mass is 376 g/mol. The van der Waals surface area contributed by atoms with E-state index in [2.05, 4.69) is 4.72 Å². The number of rotatable bonds is 5. The van der Waals surface area contributed by atoms with Crippen molar-refractivity contribution in [1.82, 2.24) is 4.72 Å². The van der Waals surface area contributed by atoms with Crippen molar-refractivity contribution in [1.29, 1.82) is 0 Å². The zero-order valence-electron chi connectivity index (χ0n) is 14.7. The van der Waals surface area contributed by atoms with Crippen LogP contribution in [-0.4, -0.2) is 27.4 Å². The highest BCUT2D eigenvalue weighted by Crippen LogP contribution is 2.25. The molecule has 1 aliphatic rings. The van der Waals surface area contributed by atoms with Crippen LogP contribution >= 0.6 is 0 Å². The lowest BCUT2D eigenvalue weighted by atomic mass is 10.1. The van der Waals surface area contributed by atoms with Crippen LogP contribution in [0.15, 0.2) is 47.4 Å². The molecular formula is C19H21FN2O3S. The van der Waals surface area contributed by atoms with Gasteiger partial charge in [-0.15, -0.1) is 0 Å². The maximum absolute atomic E-state index is 13.0. The number of hydrogen-bond acceptors (Lipinski definition) is 3. The van der Waals surface area contributed by atoms with E-state index < -0.39 is 10.0 Å². The van der Waals surface area contributed by atoms with Crippen molar-refractivity contribution >= 4 is 21.6 Å². The molecule has 1 saturated heterocycles. The first-order valence-electron chi connectivity index (χ1n) is 8.39. The summed E-state index contributed by atoms with van der Waals surface area (Å²) >= 11 is 0. The Morgan fingerprint density at radius 1 is 1.15 bits per heavy atom. The summed E-state index contributed by atoms with van der Waals surface area (Å²) in [6.07, 6.45) is 0.257. The molecule has 2 aromatic carbocycles. The zero-order chi connectivity index (χ0) is 18.9. The summed E-state index contributed by atoms with van der Waals surface area (Å²) in [6.45, 7) is 4.18. The maximum atomic E-state index is 13.0. The van der Waals surface area contributed by atoms with Gasteiger partial charge >= 0.3 is 0 Å². The number of halogens is 1. The fourth-order valence-corrected chi connectivity index (χ4v) is 4.53. The minimum atomic E-state index is -3.64. The fourth-order valence-electron chi connectivity index (χ4n) is 3.09. The molecule has 3 rings (SSSR count). The molecule has 2 aromatic rings. The molecule has 0 spiro atoms. The molecule has 1 amide bonds. The van der Waals surface area contributed by atoms with E-state index in [1.165, 1.54) is 12.1 Å². The molecule has 7 heteroatoms. The van der Waals surface area contributed by atoms with Gasteiger partial charge in [0, 0.05) is 25.2 Å². The normalized spacial score (nSPS) is 17.7. The number of anilines is 1. The van der Waals surface area contributed by atoms with Crippen molar-refractivity contribution in [3.63, 3.8) is 0 Å². The molecule has 0 aliphatic carbocycles. The van der Waals surface area contributed by atoms with Gasteiger partial charge in [-0.1, -0.05) is 12.1 Å². The summed E-state index contributed by atoms with van der Waals surface area (Å²) in [5.74, 6) is -0.585. The molecule has 26 heavy (non-hydrogen) atoms. The molecule has 0 saturated carbocycles. The van der Waals surface area contributed by atoms with Crippen LogP contribution in [0, 0.1) is 25.6 Å². The summed E-state index contributed by atoms with van der Waals surface area (Å²) in [5.41, 5.74) is 2.17. The van der Waals surface area contributed by atoms with E-state index in [0.717, 1.165) is 5.56 Å². The van der Waals surface area contributed by atoms with Gasteiger partial charge in [-0.05, 0) is 61.2 Å². The lowest BCUT2D eigenvalue weighted by Crippen LogP contribution is -2.31. The average Bonchev–Trinajstić information content (AvgIpc) is 2.97. The fraction of sp³-hybridized carbons (Fsp3) is 0.316. The third-order valence-corrected chi connectivity index (χ3v) is 6.10. The van der Waals surface area contributed by atoms with Gasteiger partial charge in [0.2, 0.25) is 15.9 Å². The minimum absolute atomic E-state index is 0.0902. The summed E-state index contributed by atoms with van der Waals surface area (Å²) in [4.78, 5) is 14.0. The quantitative estimate of drug-likeness (QED) is 0.873.